The number of piperidine rings is 1. The Hall–Kier alpha value is -4.37. The number of alkyl halides is 4. The fourth-order valence-electron chi connectivity index (χ4n) is 6.34. The molecule has 4 aromatic rings. The number of aromatic nitrogens is 6. The lowest BCUT2D eigenvalue weighted by Gasteiger charge is -2.35. The van der Waals surface area contributed by atoms with Gasteiger partial charge < -0.3 is 18.8 Å². The second-order valence-electron chi connectivity index (χ2n) is 11.8. The lowest BCUT2D eigenvalue weighted by atomic mass is 9.87. The summed E-state index contributed by atoms with van der Waals surface area (Å²) in [6.45, 7) is 7.91. The van der Waals surface area contributed by atoms with Crippen molar-refractivity contribution in [2.75, 3.05) is 26.7 Å². The third-order valence-corrected chi connectivity index (χ3v) is 8.78. The van der Waals surface area contributed by atoms with E-state index in [-0.39, 0.29) is 24.2 Å². The highest BCUT2D eigenvalue weighted by atomic mass is 19.4. The Morgan fingerprint density at radius 3 is 2.74 bits per heavy atom. The number of benzene rings is 1. The van der Waals surface area contributed by atoms with E-state index in [4.69, 9.17) is 19.2 Å². The van der Waals surface area contributed by atoms with Gasteiger partial charge in [0.25, 0.3) is 5.79 Å². The van der Waals surface area contributed by atoms with Crippen LogP contribution in [0.5, 0.6) is 11.5 Å². The third-order valence-electron chi connectivity index (χ3n) is 8.78. The van der Waals surface area contributed by atoms with Gasteiger partial charge in [0.2, 0.25) is 5.82 Å². The normalized spacial score (nSPS) is 25.2. The van der Waals surface area contributed by atoms with Crippen molar-refractivity contribution < 1.29 is 31.8 Å². The molecule has 2 fully saturated rings. The zero-order chi connectivity index (χ0) is 32.2. The van der Waals surface area contributed by atoms with Crippen molar-refractivity contribution >= 4 is 16.7 Å². The number of halogens is 4. The van der Waals surface area contributed by atoms with Gasteiger partial charge in [-0.05, 0) is 37.6 Å². The first-order valence-corrected chi connectivity index (χ1v) is 15.0. The van der Waals surface area contributed by atoms with Gasteiger partial charge in [-0.15, -0.1) is 0 Å². The minimum absolute atomic E-state index is 0.00488. The summed E-state index contributed by atoms with van der Waals surface area (Å²) in [7, 11) is 1.64. The van der Waals surface area contributed by atoms with Crippen LogP contribution in [-0.4, -0.2) is 85.1 Å². The minimum Gasteiger partial charge on any atom is -0.443 e. The molecule has 1 N–H and O–H groups in total. The van der Waals surface area contributed by atoms with Crippen LogP contribution in [0.4, 0.5) is 17.6 Å². The highest BCUT2D eigenvalue weighted by Crippen LogP contribution is 2.47. The van der Waals surface area contributed by atoms with Crippen LogP contribution in [0.15, 0.2) is 48.1 Å². The number of likely N-dealkylation sites (tertiary alicyclic amines) is 1. The molecule has 3 aliphatic heterocycles. The largest absolute Gasteiger partial charge is 0.451 e. The van der Waals surface area contributed by atoms with Gasteiger partial charge in [-0.25, -0.2) is 14.4 Å². The van der Waals surface area contributed by atoms with E-state index in [0.717, 1.165) is 12.0 Å². The number of imidazole rings is 1. The van der Waals surface area contributed by atoms with Gasteiger partial charge in [0, 0.05) is 38.6 Å². The number of aromatic amines is 1. The van der Waals surface area contributed by atoms with E-state index in [0.29, 0.717) is 66.7 Å². The SMILES string of the molecule is C=CC(=NC)[C@@]1(C)Oc2cccc([C@@H]3CCN(Cc4nc5cc(-c6n[nH]c(C(F)(F)F)n6)ncc5n4C[C@@H]4CCO4)C[C@H]3F)c2O1. The summed E-state index contributed by atoms with van der Waals surface area (Å²) < 4.78 is 75.3. The Morgan fingerprint density at radius 1 is 1.24 bits per heavy atom. The lowest BCUT2D eigenvalue weighted by molar-refractivity contribution is -0.144. The predicted molar refractivity (Wildman–Crippen MR) is 159 cm³/mol. The van der Waals surface area contributed by atoms with E-state index in [1.807, 2.05) is 26.7 Å². The van der Waals surface area contributed by atoms with Gasteiger partial charge in [0.1, 0.15) is 23.4 Å². The van der Waals surface area contributed by atoms with Crippen molar-refractivity contribution in [2.45, 2.75) is 63.0 Å². The summed E-state index contributed by atoms with van der Waals surface area (Å²) >= 11 is 0. The first kappa shape index (κ1) is 30.3. The summed E-state index contributed by atoms with van der Waals surface area (Å²) in [5.41, 5.74) is 2.66. The van der Waals surface area contributed by atoms with Crippen LogP contribution in [0.2, 0.25) is 0 Å². The van der Waals surface area contributed by atoms with Crippen LogP contribution in [0, 0.1) is 0 Å². The maximum absolute atomic E-state index is 16.0. The second-order valence-corrected chi connectivity index (χ2v) is 11.8. The topological polar surface area (TPSA) is 116 Å². The highest BCUT2D eigenvalue weighted by Gasteiger charge is 2.44. The molecule has 0 radical (unpaired) electrons. The quantitative estimate of drug-likeness (QED) is 0.209. The fourth-order valence-corrected chi connectivity index (χ4v) is 6.34. The number of aliphatic imine (C=N–C) groups is 1. The van der Waals surface area contributed by atoms with Crippen LogP contribution >= 0.6 is 0 Å². The summed E-state index contributed by atoms with van der Waals surface area (Å²) in [4.78, 5) is 19.0. The van der Waals surface area contributed by atoms with Crippen molar-refractivity contribution in [1.29, 1.82) is 0 Å². The molecule has 11 nitrogen and oxygen atoms in total. The molecular formula is C31H32F4N8O3. The van der Waals surface area contributed by atoms with Crippen LogP contribution in [0.3, 0.4) is 0 Å². The van der Waals surface area contributed by atoms with Gasteiger partial charge in [-0.3, -0.25) is 20.0 Å². The number of nitrogens with zero attached hydrogens (tertiary/aromatic N) is 7. The summed E-state index contributed by atoms with van der Waals surface area (Å²) in [5, 5.41) is 5.61. The summed E-state index contributed by atoms with van der Waals surface area (Å²) in [5.74, 6) is -1.19. The number of hydrogen-bond donors (Lipinski definition) is 1. The van der Waals surface area contributed by atoms with Gasteiger partial charge in [0.05, 0.1) is 36.4 Å². The molecule has 7 rings (SSSR count). The molecule has 3 aromatic heterocycles. The molecule has 0 aliphatic carbocycles. The van der Waals surface area contributed by atoms with Crippen LogP contribution in [0.1, 0.15) is 42.9 Å². The van der Waals surface area contributed by atoms with Crippen molar-refractivity contribution in [3.8, 4) is 23.0 Å². The molecule has 1 aromatic carbocycles. The smallest absolute Gasteiger partial charge is 0.443 e. The molecule has 15 heteroatoms. The molecule has 2 saturated heterocycles. The fraction of sp³-hybridized carbons (Fsp3) is 0.452. The Bertz CT molecular complexity index is 1820. The maximum atomic E-state index is 16.0. The van der Waals surface area contributed by atoms with Gasteiger partial charge in [0.15, 0.2) is 17.3 Å². The molecule has 3 aliphatic rings. The molecule has 0 unspecified atom stereocenters. The monoisotopic (exact) mass is 640 g/mol. The molecule has 4 atom stereocenters. The van der Waals surface area contributed by atoms with E-state index < -0.39 is 29.9 Å². The Balaban J connectivity index is 1.11. The lowest BCUT2D eigenvalue weighted by Crippen LogP contribution is -2.43. The van der Waals surface area contributed by atoms with Crippen LogP contribution in [0.25, 0.3) is 22.6 Å². The predicted octanol–water partition coefficient (Wildman–Crippen LogP) is 5.10. The van der Waals surface area contributed by atoms with Gasteiger partial charge in [-0.1, -0.05) is 18.7 Å². The number of ether oxygens (including phenoxy) is 3. The molecule has 0 saturated carbocycles. The standard InChI is InChI=1S/C31H32F4N8O3/c1-4-25(36-3)30(2)45-24-7-5-6-19(27(24)46-30)18-8-10-42(15-20(18)32)16-26-38-21-12-22(28-39-29(41-40-28)31(33,34)35)37-13-23(21)43(26)14-17-9-11-44-17/h4-7,12-13,17-18,20H,1,8-11,14-16H2,2-3H3,(H,39,40,41)/t17-,18-,20+,30-/m0/s1. The molecule has 0 bridgehead atoms. The Morgan fingerprint density at radius 2 is 2.07 bits per heavy atom. The van der Waals surface area contributed by atoms with Crippen LogP contribution < -0.4 is 9.47 Å². The van der Waals surface area contributed by atoms with Crippen molar-refractivity contribution in [3.05, 3.63) is 60.3 Å². The average molecular weight is 641 g/mol. The molecule has 0 amide bonds. The molecule has 242 valence electrons. The molecule has 0 spiro atoms. The zero-order valence-electron chi connectivity index (χ0n) is 25.2. The summed E-state index contributed by atoms with van der Waals surface area (Å²) in [6, 6.07) is 7.09. The number of rotatable bonds is 8. The highest BCUT2D eigenvalue weighted by molar-refractivity contribution is 6.01. The Labute approximate surface area is 261 Å². The minimum atomic E-state index is -4.66. The van der Waals surface area contributed by atoms with E-state index in [1.54, 1.807) is 38.4 Å². The van der Waals surface area contributed by atoms with Gasteiger partial charge >= 0.3 is 6.18 Å². The number of pyridine rings is 1. The van der Waals surface area contributed by atoms with E-state index in [1.165, 1.54) is 0 Å². The second kappa shape index (κ2) is 11.5. The van der Waals surface area contributed by atoms with Gasteiger partial charge in [-0.2, -0.15) is 18.3 Å². The molecule has 6 heterocycles. The summed E-state index contributed by atoms with van der Waals surface area (Å²) in [6.07, 6.45) is -1.27. The van der Waals surface area contributed by atoms with Crippen molar-refractivity contribution in [2.24, 2.45) is 4.99 Å². The third kappa shape index (κ3) is 5.40. The number of para-hydroxylation sites is 1. The van der Waals surface area contributed by atoms with E-state index >= 15 is 4.39 Å². The number of hydrogen-bond acceptors (Lipinski definition) is 9. The zero-order valence-corrected chi connectivity index (χ0v) is 25.2. The first-order valence-electron chi connectivity index (χ1n) is 15.0. The molecular weight excluding hydrogens is 608 g/mol. The number of fused-ring (bicyclic) bond motifs is 2. The van der Waals surface area contributed by atoms with E-state index in [9.17, 15) is 13.2 Å². The first-order chi connectivity index (χ1) is 22.1. The van der Waals surface area contributed by atoms with Crippen LogP contribution in [-0.2, 0) is 24.0 Å². The molecule has 46 heavy (non-hydrogen) atoms. The average Bonchev–Trinajstić information content (AvgIpc) is 3.71. The number of nitrogens with one attached hydrogen (secondary N) is 1. The van der Waals surface area contributed by atoms with Crippen molar-refractivity contribution in [3.63, 3.8) is 0 Å². The van der Waals surface area contributed by atoms with Crippen molar-refractivity contribution in [1.82, 2.24) is 34.6 Å². The maximum Gasteiger partial charge on any atom is 0.451 e. The Kier molecular flexibility index (Phi) is 7.54. The van der Waals surface area contributed by atoms with E-state index in [2.05, 4.69) is 26.6 Å². The number of H-pyrrole nitrogens is 1.